The molecule has 5 aromatic rings. The van der Waals surface area contributed by atoms with Crippen molar-refractivity contribution in [2.45, 2.75) is 45.5 Å². The average Bonchev–Trinajstić information content (AvgIpc) is 3.57. The van der Waals surface area contributed by atoms with Crippen molar-refractivity contribution in [1.29, 1.82) is 0 Å². The molecule has 0 saturated carbocycles. The molecule has 226 valence electrons. The van der Waals surface area contributed by atoms with E-state index in [1.807, 2.05) is 38.1 Å². The molecule has 1 aliphatic heterocycles. The van der Waals surface area contributed by atoms with Crippen LogP contribution in [0.2, 0.25) is 0 Å². The Morgan fingerprint density at radius 3 is 2.07 bits per heavy atom. The van der Waals surface area contributed by atoms with Crippen molar-refractivity contribution in [3.8, 4) is 22.3 Å². The maximum absolute atomic E-state index is 13.3. The van der Waals surface area contributed by atoms with Crippen molar-refractivity contribution < 1.29 is 47.2 Å². The zero-order chi connectivity index (χ0) is 32.1. The maximum atomic E-state index is 13.3. The van der Waals surface area contributed by atoms with Gasteiger partial charge in [-0.25, -0.2) is 0 Å². The smallest absolute Gasteiger partial charge is 0.0920 e. The summed E-state index contributed by atoms with van der Waals surface area (Å²) >= 11 is -0.826. The van der Waals surface area contributed by atoms with Crippen LogP contribution in [0.3, 0.4) is 0 Å². The van der Waals surface area contributed by atoms with E-state index in [2.05, 4.69) is 42.5 Å². The Kier molecular flexibility index (Phi) is 11.7. The summed E-state index contributed by atoms with van der Waals surface area (Å²) in [5, 5.41) is 4.33. The van der Waals surface area contributed by atoms with Gasteiger partial charge < -0.3 is 0 Å². The third-order valence-electron chi connectivity index (χ3n) is 7.17. The Balaban J connectivity index is 0.000000226. The molecule has 5 aromatic carbocycles. The van der Waals surface area contributed by atoms with E-state index in [1.165, 1.54) is 21.5 Å². The van der Waals surface area contributed by atoms with Crippen LogP contribution < -0.4 is 10.4 Å². The van der Waals surface area contributed by atoms with Crippen LogP contribution in [0.25, 0.3) is 33.0 Å². The molecule has 44 heavy (non-hydrogen) atoms. The summed E-state index contributed by atoms with van der Waals surface area (Å²) in [6, 6.07) is 27.4. The fourth-order valence-electron chi connectivity index (χ4n) is 5.28. The van der Waals surface area contributed by atoms with Crippen LogP contribution in [0.4, 0.5) is 26.3 Å². The zero-order valence-corrected chi connectivity index (χ0v) is 28.7. The van der Waals surface area contributed by atoms with Crippen molar-refractivity contribution >= 4 is 47.7 Å². The molecular weight excluding hydrogens is 713 g/mol. The Morgan fingerprint density at radius 1 is 0.818 bits per heavy atom. The van der Waals surface area contributed by atoms with Crippen LogP contribution >= 0.6 is 17.0 Å². The minimum atomic E-state index is -4.87. The van der Waals surface area contributed by atoms with E-state index in [4.69, 9.17) is 17.0 Å². The minimum Gasteiger partial charge on any atom is -0.184 e. The van der Waals surface area contributed by atoms with Crippen molar-refractivity contribution in [3.63, 3.8) is 0 Å². The van der Waals surface area contributed by atoms with Gasteiger partial charge in [0.1, 0.15) is 0 Å². The van der Waals surface area contributed by atoms with Crippen molar-refractivity contribution in [1.82, 2.24) is 0 Å². The Morgan fingerprint density at radius 2 is 1.45 bits per heavy atom. The van der Waals surface area contributed by atoms with Gasteiger partial charge in [-0.2, -0.15) is 61.9 Å². The first-order valence-corrected chi connectivity index (χ1v) is 21.1. The number of rotatable bonds is 4. The number of aryl methyl sites for hydroxylation is 2. The van der Waals surface area contributed by atoms with Crippen LogP contribution in [0.15, 0.2) is 84.9 Å². The molecule has 6 rings (SSSR count). The molecule has 0 fully saturated rings. The topological polar surface area (TPSA) is 0 Å². The van der Waals surface area contributed by atoms with Crippen LogP contribution in [0.1, 0.15) is 42.5 Å². The summed E-state index contributed by atoms with van der Waals surface area (Å²) in [4.78, 5) is 0. The van der Waals surface area contributed by atoms with Gasteiger partial charge in [-0.15, -0.1) is 40.1 Å². The Hall–Kier alpha value is -2.25. The molecule has 1 heterocycles. The maximum Gasteiger partial charge on any atom is 0.0920 e. The summed E-state index contributed by atoms with van der Waals surface area (Å²) in [7, 11) is 10.7. The van der Waals surface area contributed by atoms with Crippen LogP contribution in [0, 0.1) is 6.07 Å². The third kappa shape index (κ3) is 8.12. The van der Waals surface area contributed by atoms with Gasteiger partial charge in [-0.05, 0) is 36.6 Å². The number of halogens is 8. The number of hydrogen-bond acceptors (Lipinski definition) is 0. The molecule has 0 spiro atoms. The standard InChI is InChI=1S/C22H19F6.C12H7Si.2ClH.Zr/c1-3-5-13-8-15-7-6-14(4-2)20(19(15)9-13)16-10-17(21(23,24)25)12-18(11-16)22(26,27)28;1-3-7-11-9(5-1)10-6-2-4-8-12(10)13-11;;;/h6-12H,3-5H2,1-2H3;1-7H;2*1H;/q2*-1;;;+4/p-2. The molecular formula is C34H26Cl2F6SiZr. The number of benzene rings is 4. The van der Waals surface area contributed by atoms with Gasteiger partial charge in [0.25, 0.3) is 0 Å². The fraction of sp³-hybridized carbons (Fsp3) is 0.206. The van der Waals surface area contributed by atoms with E-state index in [-0.39, 0.29) is 11.6 Å². The second-order valence-corrected chi connectivity index (χ2v) is 15.1. The average molecular weight is 739 g/mol. The van der Waals surface area contributed by atoms with Crippen molar-refractivity contribution in [2.24, 2.45) is 0 Å². The van der Waals surface area contributed by atoms with Gasteiger partial charge in [-0.3, -0.25) is 0 Å². The van der Waals surface area contributed by atoms with Crippen LogP contribution in [0.5, 0.6) is 0 Å². The van der Waals surface area contributed by atoms with E-state index in [1.54, 1.807) is 6.07 Å². The monoisotopic (exact) mass is 736 g/mol. The van der Waals surface area contributed by atoms with E-state index in [9.17, 15) is 26.3 Å². The number of hydrogen-bond donors (Lipinski definition) is 0. The van der Waals surface area contributed by atoms with E-state index < -0.39 is 44.3 Å². The summed E-state index contributed by atoms with van der Waals surface area (Å²) in [6.07, 6.45) is -7.54. The fourth-order valence-corrected chi connectivity index (χ4v) is 6.59. The molecule has 0 unspecified atom stereocenters. The normalized spacial score (nSPS) is 12.0. The van der Waals surface area contributed by atoms with Gasteiger partial charge in [0.15, 0.2) is 0 Å². The van der Waals surface area contributed by atoms with Gasteiger partial charge in [-0.1, -0.05) is 66.4 Å². The van der Waals surface area contributed by atoms with Gasteiger partial charge in [0.05, 0.1) is 20.6 Å². The van der Waals surface area contributed by atoms with Crippen LogP contribution in [-0.4, -0.2) is 9.52 Å². The zero-order valence-electron chi connectivity index (χ0n) is 23.7. The quantitative estimate of drug-likeness (QED) is 0.0960. The van der Waals surface area contributed by atoms with Crippen molar-refractivity contribution in [3.05, 3.63) is 113 Å². The largest absolute Gasteiger partial charge is 0.184 e. The van der Waals surface area contributed by atoms with E-state index in [0.717, 1.165) is 45.4 Å². The van der Waals surface area contributed by atoms with Crippen LogP contribution in [-0.2, 0) is 46.0 Å². The first-order valence-electron chi connectivity index (χ1n) is 13.8. The molecule has 0 aliphatic carbocycles. The summed E-state index contributed by atoms with van der Waals surface area (Å²) in [5.41, 5.74) is 2.30. The first-order chi connectivity index (χ1) is 20.9. The third-order valence-corrected chi connectivity index (χ3v) is 8.53. The SMILES string of the molecule is CCCc1cc2c(-c3cc(C(F)(F)F)cc(C(F)(F)F)c3)c(CC)ccc2[cH-]1.[Cl][Zr+2][Cl].[c-]1cccc2c1[Si]c1ccccc1-2. The molecule has 0 nitrogen and oxygen atoms in total. The number of alkyl halides is 6. The van der Waals surface area contributed by atoms with Gasteiger partial charge in [0, 0.05) is 0 Å². The molecule has 0 atom stereocenters. The molecule has 0 saturated heterocycles. The Labute approximate surface area is 274 Å². The van der Waals surface area contributed by atoms with E-state index in [0.29, 0.717) is 22.9 Å². The number of fused-ring (bicyclic) bond motifs is 4. The molecule has 2 radical (unpaired) electrons. The van der Waals surface area contributed by atoms with Crippen molar-refractivity contribution in [2.75, 3.05) is 0 Å². The summed E-state index contributed by atoms with van der Waals surface area (Å²) < 4.78 is 79.7. The predicted octanol–water partition coefficient (Wildman–Crippen LogP) is 10.3. The molecule has 0 N–H and O–H groups in total. The first kappa shape index (κ1) is 34.6. The molecule has 10 heteroatoms. The molecule has 0 bridgehead atoms. The van der Waals surface area contributed by atoms with Gasteiger partial charge in [0.2, 0.25) is 0 Å². The minimum absolute atomic E-state index is 0.0572. The predicted molar refractivity (Wildman–Crippen MR) is 166 cm³/mol. The molecule has 1 aliphatic rings. The molecule has 0 amide bonds. The second-order valence-electron chi connectivity index (χ2n) is 10.1. The summed E-state index contributed by atoms with van der Waals surface area (Å²) in [5.74, 6) is 0. The molecule has 0 aromatic heterocycles. The van der Waals surface area contributed by atoms with Gasteiger partial charge >= 0.3 is 50.2 Å². The van der Waals surface area contributed by atoms with E-state index >= 15 is 0 Å². The Bertz CT molecular complexity index is 1650. The second kappa shape index (κ2) is 14.9. The summed E-state index contributed by atoms with van der Waals surface area (Å²) in [6.45, 7) is 3.84.